The highest BCUT2D eigenvalue weighted by Crippen LogP contribution is 2.49. The van der Waals surface area contributed by atoms with Crippen LogP contribution in [-0.4, -0.2) is 76.6 Å². The van der Waals surface area contributed by atoms with Crippen LogP contribution in [0.5, 0.6) is 0 Å². The lowest BCUT2D eigenvalue weighted by Crippen LogP contribution is -3.00. The number of quaternary nitrogens is 1. The monoisotopic (exact) mass is 850 g/mol. The highest BCUT2D eigenvalue weighted by Gasteiger charge is 2.30. The fourth-order valence-corrected chi connectivity index (χ4v) is 7.36. The zero-order valence-corrected chi connectivity index (χ0v) is 39.4. The van der Waals surface area contributed by atoms with Crippen LogP contribution in [0.1, 0.15) is 201 Å². The number of ether oxygens (including phenoxy) is 2. The Morgan fingerprint density at radius 2 is 0.930 bits per heavy atom. The molecule has 0 spiro atoms. The van der Waals surface area contributed by atoms with E-state index in [0.29, 0.717) is 17.4 Å². The number of rotatable bonds is 42. The van der Waals surface area contributed by atoms with Crippen LogP contribution in [-0.2, 0) is 37.2 Å². The standard InChI is InChI=1S/C46H89NO8P.ClH/c1-7-10-12-14-16-18-20-22-24-26-28-30-32-34-36-38-45(48)51-42-44(43-54-56(50,52-9-3)53-41-40-47(4,5)6)55-46(49)39-37-35-33-31-29-27-25-23-21-19-17-15-13-11-8-2;/h22-25,44H,7-21,26-43H2,1-6H3;1H/q+1;/p-1/b24-22+,25-23+;/t44-,56?;/m1./s1. The molecule has 0 fully saturated rings. The van der Waals surface area contributed by atoms with Gasteiger partial charge in [0.25, 0.3) is 0 Å². The fraction of sp³-hybridized carbons (Fsp3) is 0.870. The first kappa shape index (κ1) is 57.9. The Labute approximate surface area is 357 Å². The molecule has 0 heterocycles. The summed E-state index contributed by atoms with van der Waals surface area (Å²) in [6, 6.07) is 0. The van der Waals surface area contributed by atoms with Crippen molar-refractivity contribution in [2.75, 3.05) is 54.1 Å². The van der Waals surface area contributed by atoms with Crippen molar-refractivity contribution in [2.45, 2.75) is 207 Å². The SMILES string of the molecule is CCCCCCCC/C=C/CCCCCCCC(=O)OC[C@H](COP(=O)(OCC)OCC[N+](C)(C)C)OC(=O)CCCCCCC/C=C/CCCCCCCC.[Cl-]. The Balaban J connectivity index is 0. The van der Waals surface area contributed by atoms with E-state index in [1.807, 2.05) is 21.1 Å². The van der Waals surface area contributed by atoms with E-state index in [1.54, 1.807) is 6.92 Å². The van der Waals surface area contributed by atoms with E-state index in [0.717, 1.165) is 70.6 Å². The average molecular weight is 851 g/mol. The first-order valence-electron chi connectivity index (χ1n) is 23.0. The first-order valence-corrected chi connectivity index (χ1v) is 24.5. The van der Waals surface area contributed by atoms with Gasteiger partial charge in [0.1, 0.15) is 19.8 Å². The normalized spacial score (nSPS) is 13.5. The Morgan fingerprint density at radius 1 is 0.526 bits per heavy atom. The van der Waals surface area contributed by atoms with Crippen molar-refractivity contribution >= 4 is 19.8 Å². The maximum atomic E-state index is 13.3. The predicted octanol–water partition coefficient (Wildman–Crippen LogP) is 10.4. The van der Waals surface area contributed by atoms with Gasteiger partial charge in [0.2, 0.25) is 0 Å². The zero-order valence-electron chi connectivity index (χ0n) is 37.8. The Kier molecular flexibility index (Phi) is 42.1. The molecule has 2 atom stereocenters. The molecule has 0 N–H and O–H groups in total. The van der Waals surface area contributed by atoms with Crippen LogP contribution in [0.4, 0.5) is 0 Å². The van der Waals surface area contributed by atoms with Crippen molar-refractivity contribution in [2.24, 2.45) is 0 Å². The van der Waals surface area contributed by atoms with Crippen molar-refractivity contribution in [1.82, 2.24) is 0 Å². The molecular weight excluding hydrogens is 761 g/mol. The maximum absolute atomic E-state index is 13.3. The number of esters is 2. The lowest BCUT2D eigenvalue weighted by molar-refractivity contribution is -0.870. The molecular formula is C46H89ClNO8P. The van der Waals surface area contributed by atoms with Crippen molar-refractivity contribution in [1.29, 1.82) is 0 Å². The molecule has 0 aromatic rings. The lowest BCUT2D eigenvalue weighted by Gasteiger charge is -2.25. The number of phosphoric acid groups is 1. The summed E-state index contributed by atoms with van der Waals surface area (Å²) in [6.45, 7) is 6.69. The van der Waals surface area contributed by atoms with Crippen LogP contribution < -0.4 is 12.4 Å². The summed E-state index contributed by atoms with van der Waals surface area (Å²) in [7, 11) is 2.12. The van der Waals surface area contributed by atoms with Crippen molar-refractivity contribution in [3.63, 3.8) is 0 Å². The maximum Gasteiger partial charge on any atom is 0.475 e. The van der Waals surface area contributed by atoms with Crippen molar-refractivity contribution < 1.29 is 54.1 Å². The molecule has 0 saturated heterocycles. The topological polar surface area (TPSA) is 97.4 Å². The van der Waals surface area contributed by atoms with Crippen molar-refractivity contribution in [3.8, 4) is 0 Å². The number of phosphoric ester groups is 1. The summed E-state index contributed by atoms with van der Waals surface area (Å²) in [5.41, 5.74) is 0. The summed E-state index contributed by atoms with van der Waals surface area (Å²) in [4.78, 5) is 25.4. The number of carbonyl (C=O) groups excluding carboxylic acids is 2. The minimum atomic E-state index is -3.90. The lowest BCUT2D eigenvalue weighted by atomic mass is 10.1. The number of halogens is 1. The van der Waals surface area contributed by atoms with E-state index < -0.39 is 13.9 Å². The smallest absolute Gasteiger partial charge is 0.475 e. The minimum Gasteiger partial charge on any atom is -1.00 e. The molecule has 1 unspecified atom stereocenters. The third-order valence-corrected chi connectivity index (χ3v) is 11.3. The highest BCUT2D eigenvalue weighted by molar-refractivity contribution is 7.48. The van der Waals surface area contributed by atoms with Gasteiger partial charge in [-0.15, -0.1) is 0 Å². The Morgan fingerprint density at radius 3 is 1.35 bits per heavy atom. The summed E-state index contributed by atoms with van der Waals surface area (Å²) in [5, 5.41) is 0. The zero-order chi connectivity index (χ0) is 41.4. The van der Waals surface area contributed by atoms with E-state index in [2.05, 4.69) is 38.2 Å². The first-order chi connectivity index (χ1) is 27.0. The second-order valence-electron chi connectivity index (χ2n) is 16.5. The molecule has 57 heavy (non-hydrogen) atoms. The van der Waals surface area contributed by atoms with E-state index in [-0.39, 0.29) is 57.2 Å². The largest absolute Gasteiger partial charge is 1.00 e. The van der Waals surface area contributed by atoms with E-state index in [1.165, 1.54) is 96.3 Å². The number of hydrogen-bond acceptors (Lipinski definition) is 8. The second-order valence-corrected chi connectivity index (χ2v) is 18.1. The molecule has 11 heteroatoms. The second kappa shape index (κ2) is 41.5. The van der Waals surface area contributed by atoms with E-state index in [9.17, 15) is 14.2 Å². The number of hydrogen-bond donors (Lipinski definition) is 0. The number of nitrogens with zero attached hydrogens (tertiary/aromatic N) is 1. The average Bonchev–Trinajstić information content (AvgIpc) is 3.15. The van der Waals surface area contributed by atoms with Gasteiger partial charge in [-0.05, 0) is 71.1 Å². The molecule has 338 valence electrons. The molecule has 0 rings (SSSR count). The molecule has 0 aromatic heterocycles. The van der Waals surface area contributed by atoms with Crippen LogP contribution in [0.3, 0.4) is 0 Å². The van der Waals surface area contributed by atoms with Gasteiger partial charge in [0.15, 0.2) is 6.10 Å². The van der Waals surface area contributed by atoms with E-state index >= 15 is 0 Å². The van der Waals surface area contributed by atoms with Gasteiger partial charge in [-0.25, -0.2) is 4.57 Å². The minimum absolute atomic E-state index is 0. The Hall–Kier alpha value is -1.22. The molecule has 0 amide bonds. The van der Waals surface area contributed by atoms with Gasteiger partial charge in [-0.3, -0.25) is 23.2 Å². The molecule has 9 nitrogen and oxygen atoms in total. The van der Waals surface area contributed by atoms with Gasteiger partial charge >= 0.3 is 19.8 Å². The third kappa shape index (κ3) is 42.7. The Bertz CT molecular complexity index is 1020. The quantitative estimate of drug-likeness (QED) is 0.0197. The van der Waals surface area contributed by atoms with E-state index in [4.69, 9.17) is 23.0 Å². The summed E-state index contributed by atoms with van der Waals surface area (Å²) in [6.07, 6.45) is 39.8. The number of likely N-dealkylation sites (N-methyl/N-ethyl adjacent to an activating group) is 1. The van der Waals surface area contributed by atoms with Crippen LogP contribution in [0.15, 0.2) is 24.3 Å². The van der Waals surface area contributed by atoms with Gasteiger partial charge in [0, 0.05) is 12.8 Å². The molecule has 0 aliphatic rings. The van der Waals surface area contributed by atoms with Crippen LogP contribution >= 0.6 is 7.82 Å². The molecule has 0 aliphatic heterocycles. The van der Waals surface area contributed by atoms with Gasteiger partial charge in [-0.1, -0.05) is 141 Å². The van der Waals surface area contributed by atoms with Gasteiger partial charge in [0.05, 0.1) is 34.4 Å². The summed E-state index contributed by atoms with van der Waals surface area (Å²) >= 11 is 0. The number of allylic oxidation sites excluding steroid dienone is 4. The summed E-state index contributed by atoms with van der Waals surface area (Å²) in [5.74, 6) is -0.727. The van der Waals surface area contributed by atoms with Crippen molar-refractivity contribution in [3.05, 3.63) is 24.3 Å². The van der Waals surface area contributed by atoms with Crippen LogP contribution in [0.2, 0.25) is 0 Å². The highest BCUT2D eigenvalue weighted by atomic mass is 35.5. The predicted molar refractivity (Wildman–Crippen MR) is 234 cm³/mol. The summed E-state index contributed by atoms with van der Waals surface area (Å²) < 4.78 is 41.7. The third-order valence-electron chi connectivity index (χ3n) is 9.73. The van der Waals surface area contributed by atoms with Crippen LogP contribution in [0.25, 0.3) is 0 Å². The number of carbonyl (C=O) groups is 2. The number of unbranched alkanes of at least 4 members (excludes halogenated alkanes) is 22. The molecule has 0 aromatic carbocycles. The van der Waals surface area contributed by atoms with Gasteiger partial charge in [-0.2, -0.15) is 0 Å². The van der Waals surface area contributed by atoms with Gasteiger partial charge < -0.3 is 26.4 Å². The molecule has 0 bridgehead atoms. The molecule has 0 aliphatic carbocycles. The van der Waals surface area contributed by atoms with Crippen LogP contribution in [0, 0.1) is 0 Å². The molecule has 0 radical (unpaired) electrons. The fourth-order valence-electron chi connectivity index (χ4n) is 6.17. The molecule has 0 saturated carbocycles.